The van der Waals surface area contributed by atoms with Crippen LogP contribution in [0.4, 0.5) is 5.69 Å². The van der Waals surface area contributed by atoms with Crippen molar-refractivity contribution < 1.29 is 13.2 Å². The Balaban J connectivity index is 1.41. The summed E-state index contributed by atoms with van der Waals surface area (Å²) in [7, 11) is -2.40. The van der Waals surface area contributed by atoms with Crippen molar-refractivity contribution in [3.05, 3.63) is 47.5 Å². The first-order chi connectivity index (χ1) is 16.6. The summed E-state index contributed by atoms with van der Waals surface area (Å²) in [5.41, 5.74) is 4.92. The average Bonchev–Trinajstić information content (AvgIpc) is 3.28. The fraction of sp³-hybridized carbons (Fsp3) is 0.480. The van der Waals surface area contributed by atoms with Gasteiger partial charge in [0.25, 0.3) is 0 Å². The molecule has 2 heterocycles. The second-order valence-electron chi connectivity index (χ2n) is 9.36. The first-order valence-corrected chi connectivity index (χ1v) is 13.5. The van der Waals surface area contributed by atoms with Crippen molar-refractivity contribution in [2.75, 3.05) is 44.7 Å². The van der Waals surface area contributed by atoms with Crippen LogP contribution in [0.3, 0.4) is 0 Å². The molecule has 1 aromatic heterocycles. The van der Waals surface area contributed by atoms with Gasteiger partial charge in [0, 0.05) is 38.9 Å². The molecule has 35 heavy (non-hydrogen) atoms. The van der Waals surface area contributed by atoms with Crippen LogP contribution in [0, 0.1) is 13.8 Å². The first-order valence-electron chi connectivity index (χ1n) is 12.0. The number of benzene rings is 2. The van der Waals surface area contributed by atoms with Gasteiger partial charge in [-0.25, -0.2) is 13.1 Å². The molecule has 1 aliphatic rings. The highest BCUT2D eigenvalue weighted by Gasteiger charge is 2.28. The fourth-order valence-electron chi connectivity index (χ4n) is 4.39. The Hall–Kier alpha value is -2.98. The zero-order chi connectivity index (χ0) is 25.3. The molecule has 1 fully saturated rings. The summed E-state index contributed by atoms with van der Waals surface area (Å²) >= 11 is 0. The highest BCUT2D eigenvalue weighted by molar-refractivity contribution is 7.89. The van der Waals surface area contributed by atoms with Gasteiger partial charge in [-0.05, 0) is 62.6 Å². The lowest BCUT2D eigenvalue weighted by atomic mass is 10.1. The molecule has 0 radical (unpaired) electrons. The van der Waals surface area contributed by atoms with Gasteiger partial charge < -0.3 is 9.80 Å². The van der Waals surface area contributed by atoms with Gasteiger partial charge >= 0.3 is 0 Å². The summed E-state index contributed by atoms with van der Waals surface area (Å²) in [6.45, 7) is 10.6. The number of hydrogen-bond donors (Lipinski definition) is 0. The van der Waals surface area contributed by atoms with Crippen molar-refractivity contribution in [3.8, 4) is 0 Å². The number of hydrogen-bond acceptors (Lipinski definition) is 6. The SMILES string of the molecule is CCC(C)n1nnc2cc(S(=O)(=O)N(C)CC(=O)N3CCN(c4cc(C)ccc4C)CC3)ccc21. The molecule has 0 bridgehead atoms. The van der Waals surface area contributed by atoms with E-state index in [1.807, 2.05) is 6.92 Å². The molecule has 4 rings (SSSR count). The van der Waals surface area contributed by atoms with Crippen LogP contribution in [0.2, 0.25) is 0 Å². The van der Waals surface area contributed by atoms with E-state index in [2.05, 4.69) is 54.2 Å². The molecule has 10 heteroatoms. The Kier molecular flexibility index (Phi) is 7.14. The normalized spacial score (nSPS) is 15.7. The highest BCUT2D eigenvalue weighted by Crippen LogP contribution is 2.24. The zero-order valence-electron chi connectivity index (χ0n) is 21.1. The lowest BCUT2D eigenvalue weighted by molar-refractivity contribution is -0.131. The highest BCUT2D eigenvalue weighted by atomic mass is 32.2. The molecule has 0 saturated carbocycles. The summed E-state index contributed by atoms with van der Waals surface area (Å²) in [6.07, 6.45) is 0.891. The molecular formula is C25H34N6O3S. The van der Waals surface area contributed by atoms with Gasteiger partial charge in [0.15, 0.2) is 0 Å². The number of nitrogens with zero attached hydrogens (tertiary/aromatic N) is 6. The summed E-state index contributed by atoms with van der Waals surface area (Å²) < 4.78 is 29.3. The van der Waals surface area contributed by atoms with Gasteiger partial charge in [0.2, 0.25) is 15.9 Å². The minimum atomic E-state index is -3.85. The molecule has 0 aliphatic carbocycles. The Morgan fingerprint density at radius 2 is 1.80 bits per heavy atom. The Labute approximate surface area is 207 Å². The molecule has 1 atom stereocenters. The van der Waals surface area contributed by atoms with Gasteiger partial charge in [0.05, 0.1) is 23.0 Å². The molecule has 1 amide bonds. The molecule has 1 aliphatic heterocycles. The number of carbonyl (C=O) groups excluding carboxylic acids is 1. The third-order valence-corrected chi connectivity index (χ3v) is 8.65. The minimum Gasteiger partial charge on any atom is -0.368 e. The lowest BCUT2D eigenvalue weighted by Crippen LogP contribution is -2.51. The van der Waals surface area contributed by atoms with Gasteiger partial charge in [-0.3, -0.25) is 4.79 Å². The predicted molar refractivity (Wildman–Crippen MR) is 137 cm³/mol. The molecule has 188 valence electrons. The second kappa shape index (κ2) is 9.94. The Morgan fingerprint density at radius 1 is 1.09 bits per heavy atom. The topological polar surface area (TPSA) is 91.6 Å². The van der Waals surface area contributed by atoms with E-state index in [4.69, 9.17) is 0 Å². The van der Waals surface area contributed by atoms with Crippen LogP contribution >= 0.6 is 0 Å². The number of aryl methyl sites for hydroxylation is 2. The van der Waals surface area contributed by atoms with Crippen LogP contribution in [-0.4, -0.2) is 78.3 Å². The fourth-order valence-corrected chi connectivity index (χ4v) is 5.53. The van der Waals surface area contributed by atoms with Crippen LogP contribution in [0.1, 0.15) is 37.4 Å². The smallest absolute Gasteiger partial charge is 0.243 e. The molecule has 0 N–H and O–H groups in total. The van der Waals surface area contributed by atoms with E-state index >= 15 is 0 Å². The summed E-state index contributed by atoms with van der Waals surface area (Å²) in [6, 6.07) is 11.4. The molecular weight excluding hydrogens is 464 g/mol. The molecule has 3 aromatic rings. The maximum atomic E-state index is 13.2. The van der Waals surface area contributed by atoms with Gasteiger partial charge in [-0.15, -0.1) is 5.10 Å². The van der Waals surface area contributed by atoms with E-state index in [0.29, 0.717) is 18.6 Å². The van der Waals surface area contributed by atoms with Crippen molar-refractivity contribution in [3.63, 3.8) is 0 Å². The van der Waals surface area contributed by atoms with Crippen molar-refractivity contribution in [1.29, 1.82) is 0 Å². The van der Waals surface area contributed by atoms with Crippen molar-refractivity contribution in [2.45, 2.75) is 45.1 Å². The molecule has 1 unspecified atom stereocenters. The number of aromatic nitrogens is 3. The van der Waals surface area contributed by atoms with Crippen LogP contribution in [0.25, 0.3) is 11.0 Å². The van der Waals surface area contributed by atoms with Crippen molar-refractivity contribution >= 4 is 32.7 Å². The van der Waals surface area contributed by atoms with E-state index in [1.54, 1.807) is 21.7 Å². The number of carbonyl (C=O) groups is 1. The third kappa shape index (κ3) is 5.04. The third-order valence-electron chi connectivity index (χ3n) is 6.85. The molecule has 1 saturated heterocycles. The van der Waals surface area contributed by atoms with Gasteiger partial charge in [-0.1, -0.05) is 24.3 Å². The van der Waals surface area contributed by atoms with E-state index in [1.165, 1.54) is 29.9 Å². The zero-order valence-corrected chi connectivity index (χ0v) is 21.9. The number of sulfonamides is 1. The molecule has 9 nitrogen and oxygen atoms in total. The Bertz CT molecular complexity index is 1330. The first kappa shape index (κ1) is 25.1. The van der Waals surface area contributed by atoms with Crippen LogP contribution < -0.4 is 4.90 Å². The summed E-state index contributed by atoms with van der Waals surface area (Å²) in [5.74, 6) is -0.194. The summed E-state index contributed by atoms with van der Waals surface area (Å²) in [4.78, 5) is 17.1. The second-order valence-corrected chi connectivity index (χ2v) is 11.4. The van der Waals surface area contributed by atoms with E-state index < -0.39 is 10.0 Å². The van der Waals surface area contributed by atoms with Gasteiger partial charge in [0.1, 0.15) is 5.52 Å². The number of piperazine rings is 1. The maximum absolute atomic E-state index is 13.2. The van der Waals surface area contributed by atoms with E-state index in [9.17, 15) is 13.2 Å². The number of fused-ring (bicyclic) bond motifs is 1. The van der Waals surface area contributed by atoms with E-state index in [-0.39, 0.29) is 23.4 Å². The minimum absolute atomic E-state index is 0.108. The standard InChI is InChI=1S/C25H34N6O3S/c1-6-20(4)31-23-10-9-21(16-22(23)26-27-31)35(33,34)28(5)17-25(32)30-13-11-29(12-14-30)24-15-18(2)7-8-19(24)3/h7-10,15-16,20H,6,11-14,17H2,1-5H3. The van der Waals surface area contributed by atoms with Crippen LogP contribution in [-0.2, 0) is 14.8 Å². The van der Waals surface area contributed by atoms with Crippen LogP contribution in [0.15, 0.2) is 41.3 Å². The average molecular weight is 499 g/mol. The van der Waals surface area contributed by atoms with Gasteiger partial charge in [-0.2, -0.15) is 4.31 Å². The van der Waals surface area contributed by atoms with Crippen LogP contribution in [0.5, 0.6) is 0 Å². The number of likely N-dealkylation sites (N-methyl/N-ethyl adjacent to an activating group) is 1. The largest absolute Gasteiger partial charge is 0.368 e. The Morgan fingerprint density at radius 3 is 2.49 bits per heavy atom. The molecule has 0 spiro atoms. The number of rotatable bonds is 7. The quantitative estimate of drug-likeness (QED) is 0.497. The number of anilines is 1. The lowest BCUT2D eigenvalue weighted by Gasteiger charge is -2.37. The maximum Gasteiger partial charge on any atom is 0.243 e. The molecule has 2 aromatic carbocycles. The monoisotopic (exact) mass is 498 g/mol. The number of amides is 1. The predicted octanol–water partition coefficient (Wildman–Crippen LogP) is 2.99. The van der Waals surface area contributed by atoms with E-state index in [0.717, 1.165) is 29.3 Å². The van der Waals surface area contributed by atoms with Crippen molar-refractivity contribution in [1.82, 2.24) is 24.2 Å². The summed E-state index contributed by atoms with van der Waals surface area (Å²) in [5, 5.41) is 8.32. The van der Waals surface area contributed by atoms with Crippen molar-refractivity contribution in [2.24, 2.45) is 0 Å².